The number of hydrogen-bond acceptors (Lipinski definition) is 8. The van der Waals surface area contributed by atoms with Crippen molar-refractivity contribution >= 4 is 22.4 Å². The number of rotatable bonds is 8. The maximum Gasteiger partial charge on any atom is 0.263 e. The van der Waals surface area contributed by atoms with Gasteiger partial charge in [-0.1, -0.05) is 32.1 Å². The monoisotopic (exact) mass is 535 g/mol. The fourth-order valence-corrected chi connectivity index (χ4v) is 4.45. The number of nitrogens with zero attached hydrogens (tertiary/aromatic N) is 7. The van der Waals surface area contributed by atoms with Gasteiger partial charge < -0.3 is 10.6 Å². The number of fused-ring (bicyclic) bond motifs is 1. The summed E-state index contributed by atoms with van der Waals surface area (Å²) in [4.78, 5) is 12.7. The van der Waals surface area contributed by atoms with E-state index in [4.69, 9.17) is 0 Å². The summed E-state index contributed by atoms with van der Waals surface area (Å²) in [7, 11) is 0. The summed E-state index contributed by atoms with van der Waals surface area (Å²) in [6.45, 7) is 8.56. The minimum atomic E-state index is -2.58. The summed E-state index contributed by atoms with van der Waals surface area (Å²) in [5.74, 6) is -0.0673. The lowest BCUT2D eigenvalue weighted by Crippen LogP contribution is -2.26. The van der Waals surface area contributed by atoms with Crippen molar-refractivity contribution in [3.8, 4) is 6.07 Å². The van der Waals surface area contributed by atoms with Crippen LogP contribution in [0.1, 0.15) is 62.2 Å². The molecule has 2 N–H and O–H groups in total. The van der Waals surface area contributed by atoms with Crippen molar-refractivity contribution in [3.05, 3.63) is 65.3 Å². The molecule has 1 aliphatic rings. The van der Waals surface area contributed by atoms with Gasteiger partial charge in [-0.15, -0.1) is 5.10 Å². The molecular formula is C27H28F3N9. The Hall–Kier alpha value is -4.27. The van der Waals surface area contributed by atoms with E-state index in [9.17, 15) is 18.4 Å². The molecule has 0 saturated heterocycles. The van der Waals surface area contributed by atoms with Crippen molar-refractivity contribution < 1.29 is 13.2 Å². The smallest absolute Gasteiger partial charge is 0.263 e. The first-order chi connectivity index (χ1) is 18.5. The first kappa shape index (κ1) is 26.3. The van der Waals surface area contributed by atoms with E-state index < -0.39 is 24.0 Å². The summed E-state index contributed by atoms with van der Waals surface area (Å²) >= 11 is 0. The quantitative estimate of drug-likeness (QED) is 0.290. The molecule has 12 heteroatoms. The lowest BCUT2D eigenvalue weighted by atomic mass is 9.97. The topological polar surface area (TPSA) is 117 Å². The maximum atomic E-state index is 13.9. The highest BCUT2D eigenvalue weighted by Crippen LogP contribution is 2.48. The van der Waals surface area contributed by atoms with Crippen LogP contribution >= 0.6 is 0 Å². The molecule has 0 aliphatic heterocycles. The van der Waals surface area contributed by atoms with Gasteiger partial charge in [-0.3, -0.25) is 0 Å². The van der Waals surface area contributed by atoms with Gasteiger partial charge in [0.15, 0.2) is 0 Å². The average Bonchev–Trinajstić information content (AvgIpc) is 3.56. The van der Waals surface area contributed by atoms with E-state index in [2.05, 4.69) is 62.7 Å². The van der Waals surface area contributed by atoms with Gasteiger partial charge >= 0.3 is 0 Å². The molecule has 1 atom stereocenters. The third-order valence-corrected chi connectivity index (χ3v) is 6.79. The number of hydrogen-bond donors (Lipinski definition) is 2. The molecule has 1 aliphatic carbocycles. The molecule has 0 amide bonds. The number of nitrogens with one attached hydrogen (secondary N) is 2. The number of alkyl halides is 2. The van der Waals surface area contributed by atoms with Crippen LogP contribution in [0.3, 0.4) is 0 Å². The first-order valence-electron chi connectivity index (χ1n) is 12.5. The van der Waals surface area contributed by atoms with Gasteiger partial charge in [-0.2, -0.15) is 9.65 Å². The molecule has 3 heterocycles. The molecule has 1 fully saturated rings. The Morgan fingerprint density at radius 1 is 1.18 bits per heavy atom. The highest BCUT2D eigenvalue weighted by atomic mass is 19.3. The average molecular weight is 536 g/mol. The zero-order valence-corrected chi connectivity index (χ0v) is 22.0. The molecule has 1 aromatic carbocycles. The zero-order valence-electron chi connectivity index (χ0n) is 22.0. The highest BCUT2D eigenvalue weighted by molar-refractivity contribution is 5.95. The van der Waals surface area contributed by atoms with Crippen LogP contribution in [0.4, 0.5) is 24.7 Å². The normalized spacial score (nSPS) is 15.3. The van der Waals surface area contributed by atoms with Crippen molar-refractivity contribution in [2.75, 3.05) is 17.2 Å². The Morgan fingerprint density at radius 2 is 1.95 bits per heavy atom. The summed E-state index contributed by atoms with van der Waals surface area (Å²) in [5, 5.41) is 25.5. The molecular weight excluding hydrogens is 507 g/mol. The largest absolute Gasteiger partial charge is 0.373 e. The van der Waals surface area contributed by atoms with Gasteiger partial charge in [-0.05, 0) is 43.4 Å². The number of anilines is 2. The summed E-state index contributed by atoms with van der Waals surface area (Å²) < 4.78 is 42.6. The van der Waals surface area contributed by atoms with Crippen LogP contribution in [0.2, 0.25) is 0 Å². The molecule has 0 spiro atoms. The minimum Gasteiger partial charge on any atom is -0.373 e. The molecule has 1 saturated carbocycles. The number of aryl methyl sites for hydroxylation is 1. The lowest BCUT2D eigenvalue weighted by molar-refractivity contribution is 0.0593. The summed E-state index contributed by atoms with van der Waals surface area (Å²) in [6, 6.07) is 7.73. The second kappa shape index (κ2) is 9.80. The van der Waals surface area contributed by atoms with Crippen LogP contribution < -0.4 is 10.6 Å². The van der Waals surface area contributed by atoms with Crippen molar-refractivity contribution in [1.29, 1.82) is 5.26 Å². The predicted octanol–water partition coefficient (Wildman–Crippen LogP) is 5.35. The van der Waals surface area contributed by atoms with Crippen molar-refractivity contribution in [2.24, 2.45) is 5.41 Å². The van der Waals surface area contributed by atoms with E-state index in [1.165, 1.54) is 23.3 Å². The lowest BCUT2D eigenvalue weighted by Gasteiger charge is -2.22. The van der Waals surface area contributed by atoms with Crippen molar-refractivity contribution in [2.45, 2.75) is 58.5 Å². The Morgan fingerprint density at radius 3 is 2.59 bits per heavy atom. The maximum absolute atomic E-state index is 13.9. The van der Waals surface area contributed by atoms with Gasteiger partial charge in [0, 0.05) is 28.9 Å². The number of nitriles is 1. The van der Waals surface area contributed by atoms with Crippen LogP contribution in [0, 0.1) is 29.6 Å². The Bertz CT molecular complexity index is 1570. The van der Waals surface area contributed by atoms with Crippen molar-refractivity contribution in [1.82, 2.24) is 29.9 Å². The van der Waals surface area contributed by atoms with E-state index in [-0.39, 0.29) is 5.41 Å². The molecule has 9 nitrogen and oxygen atoms in total. The minimum absolute atomic E-state index is 0.0215. The summed E-state index contributed by atoms with van der Waals surface area (Å²) in [5.41, 5.74) is 1.30. The van der Waals surface area contributed by atoms with Crippen LogP contribution in [-0.2, 0) is 5.54 Å². The van der Waals surface area contributed by atoms with Crippen LogP contribution in [0.25, 0.3) is 10.9 Å². The fraction of sp³-hybridized carbons (Fsp3) is 0.407. The van der Waals surface area contributed by atoms with Crippen LogP contribution in [0.5, 0.6) is 0 Å². The molecule has 5 rings (SSSR count). The van der Waals surface area contributed by atoms with Crippen molar-refractivity contribution in [3.63, 3.8) is 0 Å². The van der Waals surface area contributed by atoms with E-state index in [0.717, 1.165) is 0 Å². The molecule has 3 aromatic heterocycles. The predicted molar refractivity (Wildman–Crippen MR) is 140 cm³/mol. The van der Waals surface area contributed by atoms with E-state index >= 15 is 0 Å². The molecule has 202 valence electrons. The molecule has 4 aromatic rings. The number of benzene rings is 1. The van der Waals surface area contributed by atoms with Gasteiger partial charge in [0.25, 0.3) is 6.43 Å². The number of halogens is 3. The van der Waals surface area contributed by atoms with Crippen LogP contribution in [-0.4, -0.2) is 42.9 Å². The van der Waals surface area contributed by atoms with E-state index in [1.54, 1.807) is 19.1 Å². The molecule has 0 radical (unpaired) electrons. The second-order valence-electron chi connectivity index (χ2n) is 11.0. The molecule has 0 bridgehead atoms. The fourth-order valence-electron chi connectivity index (χ4n) is 4.45. The molecule has 0 unspecified atom stereocenters. The second-order valence-corrected chi connectivity index (χ2v) is 11.0. The van der Waals surface area contributed by atoms with E-state index in [0.29, 0.717) is 64.3 Å². The Balaban J connectivity index is 1.59. The SMILES string of the molecule is Cc1nc(F)ccc1[C@H](Nc1cc(C#N)c2ncnc(NCC(C)(C)C)c2c1)c1cn(C2(C(F)F)CC2)nn1. The summed E-state index contributed by atoms with van der Waals surface area (Å²) in [6.07, 6.45) is 0.940. The number of pyridine rings is 1. The Kier molecular flexibility index (Phi) is 6.62. The van der Waals surface area contributed by atoms with Gasteiger partial charge in [-0.25, -0.2) is 28.4 Å². The van der Waals surface area contributed by atoms with Crippen LogP contribution in [0.15, 0.2) is 36.8 Å². The number of aromatic nitrogens is 6. The zero-order chi connectivity index (χ0) is 27.9. The van der Waals surface area contributed by atoms with Gasteiger partial charge in [0.1, 0.15) is 29.4 Å². The third-order valence-electron chi connectivity index (χ3n) is 6.79. The Labute approximate surface area is 223 Å². The van der Waals surface area contributed by atoms with Gasteiger partial charge in [0.05, 0.1) is 23.3 Å². The standard InChI is InChI=1S/C27H28F3N9/c1-15-18(5-6-21(28)35-15)23(20-12-39(38-37-20)27(7-8-27)25(29)30)36-17-9-16(11-31)22-19(10-17)24(34-14-33-22)32-13-26(2,3)4/h5-6,9-10,12,14,23,25,36H,7-8,13H2,1-4H3,(H,32,33,34)/t23-/m0/s1. The first-order valence-corrected chi connectivity index (χ1v) is 12.5. The highest BCUT2D eigenvalue weighted by Gasteiger charge is 2.54. The van der Waals surface area contributed by atoms with E-state index in [1.807, 2.05) is 6.07 Å². The third kappa shape index (κ3) is 5.21. The van der Waals surface area contributed by atoms with Gasteiger partial charge in [0.2, 0.25) is 5.95 Å². The molecule has 39 heavy (non-hydrogen) atoms.